The SMILES string of the molecule is C#CCNC(=O)COC(=O)COc1ccccc1[N+](=O)[O-]. The number of hydrogen-bond acceptors (Lipinski definition) is 6. The number of carbonyl (C=O) groups is 2. The Morgan fingerprint density at radius 3 is 2.71 bits per heavy atom. The van der Waals surface area contributed by atoms with E-state index >= 15 is 0 Å². The van der Waals surface area contributed by atoms with Crippen molar-refractivity contribution >= 4 is 17.6 Å². The fourth-order valence-corrected chi connectivity index (χ4v) is 1.26. The van der Waals surface area contributed by atoms with Gasteiger partial charge in [0.15, 0.2) is 19.0 Å². The monoisotopic (exact) mass is 292 g/mol. The third-order valence-corrected chi connectivity index (χ3v) is 2.16. The van der Waals surface area contributed by atoms with Gasteiger partial charge in [0.05, 0.1) is 11.5 Å². The third-order valence-electron chi connectivity index (χ3n) is 2.16. The van der Waals surface area contributed by atoms with Crippen LogP contribution in [0.2, 0.25) is 0 Å². The van der Waals surface area contributed by atoms with Crippen LogP contribution in [0.5, 0.6) is 5.75 Å². The second-order valence-corrected chi connectivity index (χ2v) is 3.66. The maximum absolute atomic E-state index is 11.3. The van der Waals surface area contributed by atoms with E-state index in [-0.39, 0.29) is 18.0 Å². The Morgan fingerprint density at radius 1 is 1.33 bits per heavy atom. The van der Waals surface area contributed by atoms with Crippen molar-refractivity contribution in [3.63, 3.8) is 0 Å². The number of nitrogens with one attached hydrogen (secondary N) is 1. The second-order valence-electron chi connectivity index (χ2n) is 3.66. The Kier molecular flexibility index (Phi) is 6.21. The number of hydrogen-bond donors (Lipinski definition) is 1. The summed E-state index contributed by atoms with van der Waals surface area (Å²) in [6, 6.07) is 5.60. The third kappa shape index (κ3) is 5.61. The molecular formula is C13H12N2O6. The van der Waals surface area contributed by atoms with E-state index in [9.17, 15) is 19.7 Å². The minimum atomic E-state index is -0.830. The van der Waals surface area contributed by atoms with Crippen molar-refractivity contribution in [2.75, 3.05) is 19.8 Å². The van der Waals surface area contributed by atoms with Crippen LogP contribution in [0.15, 0.2) is 24.3 Å². The van der Waals surface area contributed by atoms with Crippen LogP contribution in [0, 0.1) is 22.5 Å². The van der Waals surface area contributed by atoms with E-state index in [2.05, 4.69) is 16.0 Å². The molecule has 110 valence electrons. The number of rotatable bonds is 7. The van der Waals surface area contributed by atoms with Crippen molar-refractivity contribution in [1.82, 2.24) is 5.32 Å². The summed E-state index contributed by atoms with van der Waals surface area (Å²) >= 11 is 0. The van der Waals surface area contributed by atoms with Crippen molar-refractivity contribution in [1.29, 1.82) is 0 Å². The molecule has 0 fully saturated rings. The van der Waals surface area contributed by atoms with Gasteiger partial charge in [-0.3, -0.25) is 14.9 Å². The molecule has 0 bridgehead atoms. The van der Waals surface area contributed by atoms with Gasteiger partial charge in [0.2, 0.25) is 0 Å². The number of nitro benzene ring substituents is 1. The van der Waals surface area contributed by atoms with Gasteiger partial charge in [0.25, 0.3) is 5.91 Å². The molecule has 1 N–H and O–H groups in total. The number of nitro groups is 1. The van der Waals surface area contributed by atoms with E-state index in [1.807, 2.05) is 0 Å². The molecule has 0 aliphatic heterocycles. The van der Waals surface area contributed by atoms with E-state index in [0.717, 1.165) is 0 Å². The summed E-state index contributed by atoms with van der Waals surface area (Å²) in [5.41, 5.74) is -0.267. The van der Waals surface area contributed by atoms with Crippen LogP contribution >= 0.6 is 0 Å². The van der Waals surface area contributed by atoms with Crippen LogP contribution in [0.4, 0.5) is 5.69 Å². The molecule has 0 aliphatic rings. The number of para-hydroxylation sites is 2. The molecule has 8 heteroatoms. The molecule has 0 aromatic heterocycles. The largest absolute Gasteiger partial charge is 0.475 e. The molecule has 1 rings (SSSR count). The summed E-state index contributed by atoms with van der Waals surface area (Å²) in [6.07, 6.45) is 4.94. The minimum absolute atomic E-state index is 0.0308. The first-order chi connectivity index (χ1) is 10.0. The molecule has 1 aromatic carbocycles. The molecule has 8 nitrogen and oxygen atoms in total. The van der Waals surface area contributed by atoms with E-state index in [0.29, 0.717) is 0 Å². The summed E-state index contributed by atoms with van der Waals surface area (Å²) in [7, 11) is 0. The summed E-state index contributed by atoms with van der Waals surface area (Å²) in [4.78, 5) is 32.5. The average molecular weight is 292 g/mol. The minimum Gasteiger partial charge on any atom is -0.475 e. The number of amides is 1. The first kappa shape index (κ1) is 16.0. The molecule has 0 aliphatic carbocycles. The van der Waals surface area contributed by atoms with Gasteiger partial charge in [-0.2, -0.15) is 0 Å². The number of ether oxygens (including phenoxy) is 2. The highest BCUT2D eigenvalue weighted by atomic mass is 16.6. The van der Waals surface area contributed by atoms with Gasteiger partial charge in [-0.25, -0.2) is 4.79 Å². The maximum atomic E-state index is 11.3. The van der Waals surface area contributed by atoms with Gasteiger partial charge >= 0.3 is 11.7 Å². The van der Waals surface area contributed by atoms with Crippen LogP contribution in [-0.4, -0.2) is 36.6 Å². The van der Waals surface area contributed by atoms with E-state index < -0.39 is 30.0 Å². The molecule has 1 aromatic rings. The lowest BCUT2D eigenvalue weighted by Crippen LogP contribution is -2.30. The van der Waals surface area contributed by atoms with Gasteiger partial charge in [-0.05, 0) is 6.07 Å². The second kappa shape index (κ2) is 8.16. The summed E-state index contributed by atoms with van der Waals surface area (Å²) in [5, 5.41) is 13.0. The maximum Gasteiger partial charge on any atom is 0.344 e. The van der Waals surface area contributed by atoms with E-state index in [1.165, 1.54) is 24.3 Å². The normalized spacial score (nSPS) is 9.29. The number of carbonyl (C=O) groups excluding carboxylic acids is 2. The average Bonchev–Trinajstić information content (AvgIpc) is 2.48. The van der Waals surface area contributed by atoms with Gasteiger partial charge in [0, 0.05) is 6.07 Å². The topological polar surface area (TPSA) is 108 Å². The van der Waals surface area contributed by atoms with Crippen molar-refractivity contribution in [2.45, 2.75) is 0 Å². The van der Waals surface area contributed by atoms with Crippen LogP contribution in [-0.2, 0) is 14.3 Å². The molecular weight excluding hydrogens is 280 g/mol. The lowest BCUT2D eigenvalue weighted by Gasteiger charge is -2.07. The van der Waals surface area contributed by atoms with Crippen molar-refractivity contribution in [2.24, 2.45) is 0 Å². The predicted octanol–water partition coefficient (Wildman–Crippen LogP) is 0.266. The molecule has 0 saturated heterocycles. The molecule has 1 amide bonds. The Bertz CT molecular complexity index is 578. The summed E-state index contributed by atoms with van der Waals surface area (Å²) < 4.78 is 9.60. The zero-order valence-electron chi connectivity index (χ0n) is 10.9. The number of benzene rings is 1. The molecule has 0 unspecified atom stereocenters. The Balaban J connectivity index is 2.42. The van der Waals surface area contributed by atoms with Crippen LogP contribution in [0.1, 0.15) is 0 Å². The highest BCUT2D eigenvalue weighted by Crippen LogP contribution is 2.25. The molecule has 0 saturated carbocycles. The van der Waals surface area contributed by atoms with Crippen molar-refractivity contribution in [3.8, 4) is 18.1 Å². The molecule has 21 heavy (non-hydrogen) atoms. The molecule has 0 radical (unpaired) electrons. The highest BCUT2D eigenvalue weighted by molar-refractivity contribution is 5.81. The Morgan fingerprint density at radius 2 is 2.05 bits per heavy atom. The highest BCUT2D eigenvalue weighted by Gasteiger charge is 2.15. The van der Waals surface area contributed by atoms with Gasteiger partial charge in [0.1, 0.15) is 0 Å². The lowest BCUT2D eigenvalue weighted by atomic mass is 10.3. The zero-order chi connectivity index (χ0) is 15.7. The van der Waals surface area contributed by atoms with E-state index in [1.54, 1.807) is 0 Å². The first-order valence-electron chi connectivity index (χ1n) is 5.76. The van der Waals surface area contributed by atoms with Crippen LogP contribution in [0.25, 0.3) is 0 Å². The smallest absolute Gasteiger partial charge is 0.344 e. The van der Waals surface area contributed by atoms with E-state index in [4.69, 9.17) is 11.2 Å². The van der Waals surface area contributed by atoms with Crippen LogP contribution < -0.4 is 10.1 Å². The van der Waals surface area contributed by atoms with Crippen molar-refractivity contribution in [3.05, 3.63) is 34.4 Å². The number of terminal acetylenes is 1. The first-order valence-corrected chi connectivity index (χ1v) is 5.76. The molecule has 0 atom stereocenters. The molecule has 0 heterocycles. The van der Waals surface area contributed by atoms with Crippen LogP contribution in [0.3, 0.4) is 0 Å². The van der Waals surface area contributed by atoms with Crippen molar-refractivity contribution < 1.29 is 24.0 Å². The number of nitrogens with zero attached hydrogens (tertiary/aromatic N) is 1. The predicted molar refractivity (Wildman–Crippen MR) is 71.4 cm³/mol. The Labute approximate surface area is 120 Å². The number of esters is 1. The standard InChI is InChI=1S/C13H12N2O6/c1-2-7-14-12(16)8-21-13(17)9-20-11-6-4-3-5-10(11)15(18)19/h1,3-6H,7-9H2,(H,14,16). The van der Waals surface area contributed by atoms with Gasteiger partial charge in [-0.1, -0.05) is 18.1 Å². The van der Waals surface area contributed by atoms with Gasteiger partial charge in [-0.15, -0.1) is 6.42 Å². The molecule has 0 spiro atoms. The summed E-state index contributed by atoms with van der Waals surface area (Å²) in [5.74, 6) is 0.751. The van der Waals surface area contributed by atoms with Gasteiger partial charge < -0.3 is 14.8 Å². The summed E-state index contributed by atoms with van der Waals surface area (Å²) in [6.45, 7) is -1.02. The lowest BCUT2D eigenvalue weighted by molar-refractivity contribution is -0.385. The zero-order valence-corrected chi connectivity index (χ0v) is 10.9. The fraction of sp³-hybridized carbons (Fsp3) is 0.231. The Hall–Kier alpha value is -3.08. The fourth-order valence-electron chi connectivity index (χ4n) is 1.26. The quantitative estimate of drug-likeness (QED) is 0.334.